The lowest BCUT2D eigenvalue weighted by molar-refractivity contribution is 0.102. The number of aromatic nitrogens is 2. The van der Waals surface area contributed by atoms with Crippen molar-refractivity contribution in [3.8, 4) is 5.88 Å². The quantitative estimate of drug-likeness (QED) is 0.243. The molecule has 0 aliphatic carbocycles. The monoisotopic (exact) mass is 475 g/mol. The minimum Gasteiger partial charge on any atom is -0.493 e. The zero-order valence-electron chi connectivity index (χ0n) is 16.0. The number of fused-ring (bicyclic) bond motifs is 1. The number of aliphatic imine (C=N–C) groups is 2. The van der Waals surface area contributed by atoms with E-state index in [4.69, 9.17) is 23.2 Å². The Labute approximate surface area is 191 Å². The van der Waals surface area contributed by atoms with E-state index in [1.54, 1.807) is 37.3 Å². The summed E-state index contributed by atoms with van der Waals surface area (Å²) in [5.74, 6) is -1.51. The number of nitrogens with zero attached hydrogens (tertiary/aromatic N) is 4. The summed E-state index contributed by atoms with van der Waals surface area (Å²) >= 11 is 13.4. The van der Waals surface area contributed by atoms with Crippen molar-refractivity contribution in [3.05, 3.63) is 74.9 Å². The van der Waals surface area contributed by atoms with Gasteiger partial charge in [-0.3, -0.25) is 24.0 Å². The van der Waals surface area contributed by atoms with Gasteiger partial charge in [0.1, 0.15) is 10.8 Å². The van der Waals surface area contributed by atoms with Crippen molar-refractivity contribution in [2.24, 2.45) is 9.98 Å². The number of halogens is 2. The van der Waals surface area contributed by atoms with E-state index in [9.17, 15) is 14.7 Å². The normalized spacial score (nSPS) is 12.1. The topological polar surface area (TPSA) is 108 Å². The van der Waals surface area contributed by atoms with Crippen LogP contribution in [0.1, 0.15) is 17.3 Å². The third kappa shape index (κ3) is 5.13. The second-order valence-electron chi connectivity index (χ2n) is 5.98. The van der Waals surface area contributed by atoms with Crippen LogP contribution in [0.25, 0.3) is 5.65 Å². The molecule has 1 aromatic carbocycles. The van der Waals surface area contributed by atoms with Crippen molar-refractivity contribution in [3.63, 3.8) is 0 Å². The number of pyridine rings is 1. The van der Waals surface area contributed by atoms with E-state index in [1.807, 2.05) is 0 Å². The number of benzene rings is 1. The Kier molecular flexibility index (Phi) is 7.11. The maximum absolute atomic E-state index is 12.7. The van der Waals surface area contributed by atoms with Gasteiger partial charge in [0.2, 0.25) is 5.88 Å². The molecule has 31 heavy (non-hydrogen) atoms. The van der Waals surface area contributed by atoms with Crippen LogP contribution in [0.2, 0.25) is 5.02 Å². The first-order valence-electron chi connectivity index (χ1n) is 8.66. The van der Waals surface area contributed by atoms with Gasteiger partial charge in [-0.2, -0.15) is 4.98 Å². The van der Waals surface area contributed by atoms with Crippen molar-refractivity contribution in [2.45, 2.75) is 11.8 Å². The van der Waals surface area contributed by atoms with Crippen LogP contribution in [0.4, 0.5) is 5.69 Å². The molecule has 3 aromatic rings. The van der Waals surface area contributed by atoms with Gasteiger partial charge >= 0.3 is 0 Å². The standard InChI is InChI=1S/C20H15Cl2N5O3S/c1-11(24-10-14(21)23-2)31-13-7-5-6-12(17(13)22)25-18(28)16-19(29)26-15-8-3-4-9-27(15)20(16)30/h3-10,29H,2H2,1H3,(H,25,28)/b14-10-,24-11?. The van der Waals surface area contributed by atoms with Gasteiger partial charge in [0, 0.05) is 11.1 Å². The lowest BCUT2D eigenvalue weighted by Gasteiger charge is -2.11. The van der Waals surface area contributed by atoms with E-state index in [1.165, 1.54) is 34.6 Å². The summed E-state index contributed by atoms with van der Waals surface area (Å²) in [6, 6.07) is 9.80. The predicted molar refractivity (Wildman–Crippen MR) is 125 cm³/mol. The van der Waals surface area contributed by atoms with Crippen LogP contribution in [-0.4, -0.2) is 32.2 Å². The van der Waals surface area contributed by atoms with Crippen LogP contribution < -0.4 is 10.9 Å². The van der Waals surface area contributed by atoms with E-state index >= 15 is 0 Å². The van der Waals surface area contributed by atoms with Gasteiger partial charge in [-0.1, -0.05) is 47.1 Å². The van der Waals surface area contributed by atoms with Gasteiger partial charge in [-0.05, 0) is 37.9 Å². The Morgan fingerprint density at radius 2 is 2.10 bits per heavy atom. The molecule has 8 nitrogen and oxygen atoms in total. The summed E-state index contributed by atoms with van der Waals surface area (Å²) in [5, 5.41) is 13.7. The number of hydrogen-bond donors (Lipinski definition) is 2. The third-order valence-corrected chi connectivity index (χ3v) is 5.61. The second-order valence-corrected chi connectivity index (χ2v) is 7.98. The summed E-state index contributed by atoms with van der Waals surface area (Å²) in [5.41, 5.74) is -0.728. The highest BCUT2D eigenvalue weighted by atomic mass is 35.5. The van der Waals surface area contributed by atoms with E-state index in [-0.39, 0.29) is 21.5 Å². The average Bonchev–Trinajstić information content (AvgIpc) is 2.74. The van der Waals surface area contributed by atoms with Gasteiger partial charge in [0.15, 0.2) is 5.56 Å². The van der Waals surface area contributed by atoms with E-state index in [0.717, 1.165) is 0 Å². The molecule has 0 unspecified atom stereocenters. The molecule has 11 heteroatoms. The lowest BCUT2D eigenvalue weighted by atomic mass is 10.2. The maximum atomic E-state index is 12.7. The second kappa shape index (κ2) is 9.78. The molecule has 1 amide bonds. The Morgan fingerprint density at radius 1 is 1.32 bits per heavy atom. The minimum atomic E-state index is -0.838. The molecule has 3 rings (SSSR count). The molecule has 0 bridgehead atoms. The van der Waals surface area contributed by atoms with Crippen molar-refractivity contribution >= 4 is 64.0 Å². The molecule has 0 atom stereocenters. The number of carbonyl (C=O) groups excluding carboxylic acids is 1. The van der Waals surface area contributed by atoms with E-state index in [2.05, 4.69) is 27.0 Å². The minimum absolute atomic E-state index is 0.141. The fourth-order valence-corrected chi connectivity index (χ4v) is 3.63. The zero-order valence-corrected chi connectivity index (χ0v) is 18.4. The number of nitrogens with one attached hydrogen (secondary N) is 1. The smallest absolute Gasteiger partial charge is 0.274 e. The van der Waals surface area contributed by atoms with Crippen LogP contribution in [0, 0.1) is 0 Å². The molecule has 0 saturated carbocycles. The fourth-order valence-electron chi connectivity index (χ4n) is 2.52. The summed E-state index contributed by atoms with van der Waals surface area (Å²) in [4.78, 5) is 37.6. The molecular formula is C20H15Cl2N5O3S. The van der Waals surface area contributed by atoms with Crippen LogP contribution in [0.5, 0.6) is 5.88 Å². The van der Waals surface area contributed by atoms with Crippen molar-refractivity contribution < 1.29 is 9.90 Å². The number of rotatable bonds is 5. The molecule has 158 valence electrons. The summed E-state index contributed by atoms with van der Waals surface area (Å²) in [6.07, 6.45) is 2.80. The highest BCUT2D eigenvalue weighted by Crippen LogP contribution is 2.34. The van der Waals surface area contributed by atoms with Crippen molar-refractivity contribution in [1.29, 1.82) is 0 Å². The Bertz CT molecular complexity index is 1300. The lowest BCUT2D eigenvalue weighted by Crippen LogP contribution is -2.27. The SMILES string of the molecule is C=N/C(Cl)=C\N=C(C)Sc1cccc(NC(=O)c2c(O)nc3ccccn3c2=O)c1Cl. The third-order valence-electron chi connectivity index (χ3n) is 3.92. The Hall–Kier alpha value is -3.14. The molecule has 0 saturated heterocycles. The van der Waals surface area contributed by atoms with Crippen molar-refractivity contribution in [2.75, 3.05) is 5.32 Å². The van der Waals surface area contributed by atoms with E-state index in [0.29, 0.717) is 9.94 Å². The first-order valence-corrected chi connectivity index (χ1v) is 10.2. The maximum Gasteiger partial charge on any atom is 0.274 e. The van der Waals surface area contributed by atoms with Crippen LogP contribution >= 0.6 is 35.0 Å². The van der Waals surface area contributed by atoms with Gasteiger partial charge < -0.3 is 10.4 Å². The molecule has 0 aliphatic heterocycles. The zero-order chi connectivity index (χ0) is 22.5. The summed E-state index contributed by atoms with van der Waals surface area (Å²) < 4.78 is 1.17. The number of thioether (sulfide) groups is 1. The number of carbonyl (C=O) groups is 1. The highest BCUT2D eigenvalue weighted by molar-refractivity contribution is 8.14. The van der Waals surface area contributed by atoms with Gasteiger partial charge in [0.05, 0.1) is 22.0 Å². The summed E-state index contributed by atoms with van der Waals surface area (Å²) in [7, 11) is 0. The molecule has 2 aromatic heterocycles. The summed E-state index contributed by atoms with van der Waals surface area (Å²) in [6.45, 7) is 5.04. The van der Waals surface area contributed by atoms with Crippen LogP contribution in [0.3, 0.4) is 0 Å². The highest BCUT2D eigenvalue weighted by Gasteiger charge is 2.21. The largest absolute Gasteiger partial charge is 0.493 e. The molecule has 2 N–H and O–H groups in total. The van der Waals surface area contributed by atoms with Gasteiger partial charge in [-0.25, -0.2) is 0 Å². The van der Waals surface area contributed by atoms with E-state index < -0.39 is 22.9 Å². The fraction of sp³-hybridized carbons (Fsp3) is 0.0500. The average molecular weight is 476 g/mol. The molecule has 0 spiro atoms. The Morgan fingerprint density at radius 3 is 2.84 bits per heavy atom. The van der Waals surface area contributed by atoms with Crippen LogP contribution in [0.15, 0.2) is 73.6 Å². The molecule has 0 radical (unpaired) electrons. The molecule has 2 heterocycles. The first-order chi connectivity index (χ1) is 14.8. The van der Waals surface area contributed by atoms with Gasteiger partial charge in [0.25, 0.3) is 11.5 Å². The first kappa shape index (κ1) is 22.5. The molecule has 0 fully saturated rings. The molecule has 0 aliphatic rings. The number of hydrogen-bond acceptors (Lipinski definition) is 7. The van der Waals surface area contributed by atoms with Gasteiger partial charge in [-0.15, -0.1) is 0 Å². The van der Waals surface area contributed by atoms with Crippen LogP contribution in [-0.2, 0) is 0 Å². The number of aromatic hydroxyl groups is 1. The number of amides is 1. The Balaban J connectivity index is 1.90. The predicted octanol–water partition coefficient (Wildman–Crippen LogP) is 4.55. The number of anilines is 1. The van der Waals surface area contributed by atoms with Crippen molar-refractivity contribution in [1.82, 2.24) is 9.38 Å². The molecular weight excluding hydrogens is 461 g/mol.